The molecule has 0 fully saturated rings. The Bertz CT molecular complexity index is 453. The molecule has 1 heterocycles. The van der Waals surface area contributed by atoms with Crippen LogP contribution in [0, 0.1) is 0 Å². The number of hydrogen-bond acceptors (Lipinski definition) is 2. The summed E-state index contributed by atoms with van der Waals surface area (Å²) in [4.78, 5) is 5.61. The van der Waals surface area contributed by atoms with Gasteiger partial charge in [-0.05, 0) is 24.3 Å². The van der Waals surface area contributed by atoms with Gasteiger partial charge >= 0.3 is 0 Å². The van der Waals surface area contributed by atoms with E-state index < -0.39 is 0 Å². The van der Waals surface area contributed by atoms with Crippen molar-refractivity contribution in [2.24, 2.45) is 0 Å². The van der Waals surface area contributed by atoms with Gasteiger partial charge in [-0.1, -0.05) is 24.3 Å². The molecular weight excluding hydrogens is 174 g/mol. The Morgan fingerprint density at radius 3 is 2.36 bits per heavy atom. The van der Waals surface area contributed by atoms with Gasteiger partial charge in [0, 0.05) is 6.07 Å². The van der Waals surface area contributed by atoms with Crippen molar-refractivity contribution in [3.8, 4) is 5.75 Å². The summed E-state index contributed by atoms with van der Waals surface area (Å²) in [5, 5.41) is 1.83. The molecule has 0 saturated carbocycles. The number of anilines is 2. The molecule has 0 unspecified atom stereocenters. The predicted molar refractivity (Wildman–Crippen MR) is 55.7 cm³/mol. The number of rotatable bonds is 1. The Labute approximate surface area is 82.3 Å². The lowest BCUT2D eigenvalue weighted by molar-refractivity contribution is 0.341. The maximum Gasteiger partial charge on any atom is 0.158 e. The van der Waals surface area contributed by atoms with E-state index in [4.69, 9.17) is 4.84 Å². The highest BCUT2D eigenvalue weighted by Gasteiger charge is 2.17. The van der Waals surface area contributed by atoms with Crippen molar-refractivity contribution in [1.82, 2.24) is 0 Å². The third kappa shape index (κ3) is 1.04. The van der Waals surface area contributed by atoms with Crippen molar-refractivity contribution in [2.75, 3.05) is 5.06 Å². The largest absolute Gasteiger partial charge is 0.375 e. The van der Waals surface area contributed by atoms with Crippen molar-refractivity contribution in [3.63, 3.8) is 0 Å². The first-order valence-corrected chi connectivity index (χ1v) is 4.57. The Morgan fingerprint density at radius 1 is 0.786 bits per heavy atom. The third-order valence-corrected chi connectivity index (χ3v) is 2.24. The molecule has 0 amide bonds. The lowest BCUT2D eigenvalue weighted by Crippen LogP contribution is -2.16. The van der Waals surface area contributed by atoms with Gasteiger partial charge in [-0.25, -0.2) is 0 Å². The number of fused-ring (bicyclic) bond motifs is 2. The number of nitrogens with zero attached hydrogens (tertiary/aromatic N) is 1. The smallest absolute Gasteiger partial charge is 0.158 e. The zero-order valence-electron chi connectivity index (χ0n) is 7.55. The van der Waals surface area contributed by atoms with Crippen LogP contribution in [-0.2, 0) is 0 Å². The van der Waals surface area contributed by atoms with Gasteiger partial charge in [0.25, 0.3) is 0 Å². The van der Waals surface area contributed by atoms with E-state index in [9.17, 15) is 0 Å². The lowest BCUT2D eigenvalue weighted by atomic mass is 10.3. The SMILES string of the molecule is c1ccc(N2Oc3cccc2c3)cc1. The molecule has 0 saturated heterocycles. The molecule has 2 nitrogen and oxygen atoms in total. The average molecular weight is 183 g/mol. The van der Waals surface area contributed by atoms with Gasteiger partial charge < -0.3 is 4.84 Å². The quantitative estimate of drug-likeness (QED) is 0.673. The summed E-state index contributed by atoms with van der Waals surface area (Å²) in [5.41, 5.74) is 2.13. The molecule has 0 N–H and O–H groups in total. The number of hydrogen-bond donors (Lipinski definition) is 0. The molecule has 14 heavy (non-hydrogen) atoms. The average Bonchev–Trinajstić information content (AvgIpc) is 2.55. The second-order valence-electron chi connectivity index (χ2n) is 3.22. The molecule has 0 aliphatic carbocycles. The van der Waals surface area contributed by atoms with E-state index >= 15 is 0 Å². The van der Waals surface area contributed by atoms with E-state index in [-0.39, 0.29) is 0 Å². The predicted octanol–water partition coefficient (Wildman–Crippen LogP) is 3.13. The number of para-hydroxylation sites is 1. The molecule has 1 aliphatic rings. The summed E-state index contributed by atoms with van der Waals surface area (Å²) in [6, 6.07) is 18.0. The minimum absolute atomic E-state index is 0.895. The van der Waals surface area contributed by atoms with Crippen molar-refractivity contribution < 1.29 is 4.84 Å². The van der Waals surface area contributed by atoms with Crippen LogP contribution in [0.2, 0.25) is 0 Å². The molecule has 3 rings (SSSR count). The van der Waals surface area contributed by atoms with Gasteiger partial charge in [-0.15, -0.1) is 0 Å². The second kappa shape index (κ2) is 2.77. The monoisotopic (exact) mass is 183 g/mol. The van der Waals surface area contributed by atoms with E-state index in [1.165, 1.54) is 0 Å². The minimum Gasteiger partial charge on any atom is -0.375 e. The van der Waals surface area contributed by atoms with E-state index in [0.717, 1.165) is 17.1 Å². The first-order valence-electron chi connectivity index (χ1n) is 4.57. The standard InChI is InChI=1S/C12H9NO/c1-2-5-10(6-3-1)13-11-7-4-8-12(9-11)14-13/h1-9H. The molecular formula is C12H9NO. The lowest BCUT2D eigenvalue weighted by Gasteiger charge is -2.17. The molecule has 2 aromatic rings. The first kappa shape index (κ1) is 7.44. The van der Waals surface area contributed by atoms with Gasteiger partial charge in [0.05, 0.1) is 11.4 Å². The fourth-order valence-corrected chi connectivity index (χ4v) is 1.59. The first-order chi connectivity index (χ1) is 6.93. The van der Waals surface area contributed by atoms with Crippen LogP contribution in [0.3, 0.4) is 0 Å². The molecule has 2 heteroatoms. The molecule has 0 aromatic heterocycles. The highest BCUT2D eigenvalue weighted by molar-refractivity contribution is 5.65. The van der Waals surface area contributed by atoms with Crippen molar-refractivity contribution in [1.29, 1.82) is 0 Å². The summed E-state index contributed by atoms with van der Waals surface area (Å²) in [6.45, 7) is 0. The van der Waals surface area contributed by atoms with Crippen LogP contribution >= 0.6 is 0 Å². The maximum absolute atomic E-state index is 5.61. The normalized spacial score (nSPS) is 12.7. The summed E-state index contributed by atoms with van der Waals surface area (Å²) >= 11 is 0. The number of benzene rings is 2. The Kier molecular flexibility index (Phi) is 1.47. The topological polar surface area (TPSA) is 12.5 Å². The Hall–Kier alpha value is -1.96. The van der Waals surface area contributed by atoms with Crippen LogP contribution in [0.15, 0.2) is 54.6 Å². The summed E-state index contributed by atoms with van der Waals surface area (Å²) in [5.74, 6) is 0.895. The fraction of sp³-hybridized carbons (Fsp3) is 0. The highest BCUT2D eigenvalue weighted by Crippen LogP contribution is 2.34. The van der Waals surface area contributed by atoms with Crippen LogP contribution in [0.25, 0.3) is 0 Å². The minimum atomic E-state index is 0.895. The van der Waals surface area contributed by atoms with E-state index in [1.54, 1.807) is 0 Å². The van der Waals surface area contributed by atoms with E-state index in [1.807, 2.05) is 59.7 Å². The molecule has 0 atom stereocenters. The Balaban J connectivity index is 2.03. The third-order valence-electron chi connectivity index (χ3n) is 2.24. The molecule has 0 radical (unpaired) electrons. The zero-order valence-corrected chi connectivity index (χ0v) is 7.55. The van der Waals surface area contributed by atoms with Crippen LogP contribution < -0.4 is 9.90 Å². The molecule has 0 spiro atoms. The van der Waals surface area contributed by atoms with Crippen molar-refractivity contribution >= 4 is 11.4 Å². The summed E-state index contributed by atoms with van der Waals surface area (Å²) < 4.78 is 0. The van der Waals surface area contributed by atoms with Crippen LogP contribution in [0.5, 0.6) is 5.75 Å². The fourth-order valence-electron chi connectivity index (χ4n) is 1.59. The van der Waals surface area contributed by atoms with Crippen LogP contribution in [-0.4, -0.2) is 0 Å². The van der Waals surface area contributed by atoms with Gasteiger partial charge in [-0.2, -0.15) is 5.06 Å². The van der Waals surface area contributed by atoms with Gasteiger partial charge in [0.2, 0.25) is 0 Å². The van der Waals surface area contributed by atoms with E-state index in [2.05, 4.69) is 0 Å². The Morgan fingerprint density at radius 2 is 1.57 bits per heavy atom. The van der Waals surface area contributed by atoms with Gasteiger partial charge in [-0.3, -0.25) is 0 Å². The van der Waals surface area contributed by atoms with E-state index in [0.29, 0.717) is 0 Å². The van der Waals surface area contributed by atoms with Crippen molar-refractivity contribution in [3.05, 3.63) is 54.6 Å². The summed E-state index contributed by atoms with van der Waals surface area (Å²) in [6.07, 6.45) is 0. The van der Waals surface area contributed by atoms with Crippen molar-refractivity contribution in [2.45, 2.75) is 0 Å². The molecule has 2 bridgehead atoms. The van der Waals surface area contributed by atoms with Gasteiger partial charge in [0.1, 0.15) is 0 Å². The molecule has 68 valence electrons. The highest BCUT2D eigenvalue weighted by atomic mass is 16.7. The zero-order chi connectivity index (χ0) is 9.38. The molecule has 1 aliphatic heterocycles. The van der Waals surface area contributed by atoms with Crippen LogP contribution in [0.1, 0.15) is 0 Å². The van der Waals surface area contributed by atoms with Gasteiger partial charge in [0.15, 0.2) is 5.75 Å². The summed E-state index contributed by atoms with van der Waals surface area (Å²) in [7, 11) is 0. The van der Waals surface area contributed by atoms with Crippen LogP contribution in [0.4, 0.5) is 11.4 Å². The second-order valence-corrected chi connectivity index (χ2v) is 3.22. The maximum atomic E-state index is 5.61. The molecule has 2 aromatic carbocycles.